The quantitative estimate of drug-likeness (QED) is 0.163. The lowest BCUT2D eigenvalue weighted by molar-refractivity contribution is 1.18. The lowest BCUT2D eigenvalue weighted by Gasteiger charge is -2.09. The van der Waals surface area contributed by atoms with E-state index in [2.05, 4.69) is 60.1 Å². The van der Waals surface area contributed by atoms with Gasteiger partial charge >= 0.3 is 0 Å². The van der Waals surface area contributed by atoms with Crippen molar-refractivity contribution in [1.82, 2.24) is 9.13 Å². The molecular weight excluding hydrogens is 1180 g/mol. The van der Waals surface area contributed by atoms with Crippen molar-refractivity contribution in [1.29, 1.82) is 0 Å². The summed E-state index contributed by atoms with van der Waals surface area (Å²) < 4.78 is 308. The molecular formula is C61H40Br4N2S3. The second-order valence-electron chi connectivity index (χ2n) is 13.9. The first-order valence-electron chi connectivity index (χ1n) is 37.3. The molecule has 0 bridgehead atoms. The summed E-state index contributed by atoms with van der Waals surface area (Å²) in [5.41, 5.74) is -2.94. The van der Waals surface area contributed by atoms with Crippen LogP contribution in [0, 0.1) is 0 Å². The number of hydrogen-bond donors (Lipinski definition) is 0. The highest BCUT2D eigenvalue weighted by molar-refractivity contribution is 9.93. The molecule has 15 aromatic rings. The van der Waals surface area contributed by atoms with Crippen LogP contribution in [0.15, 0.2) is 226 Å². The molecule has 10 aromatic carbocycles. The molecule has 0 unspecified atom stereocenters. The zero-order valence-corrected chi connectivity index (χ0v) is 42.4. The van der Waals surface area contributed by atoms with Gasteiger partial charge in [-0.15, -0.1) is 34.0 Å². The predicted molar refractivity (Wildman–Crippen MR) is 327 cm³/mol. The lowest BCUT2D eigenvalue weighted by atomic mass is 10.1. The van der Waals surface area contributed by atoms with E-state index in [4.69, 9.17) is 41.1 Å². The van der Waals surface area contributed by atoms with E-state index < -0.39 is 178 Å². The third kappa shape index (κ3) is 8.29. The Morgan fingerprint density at radius 1 is 0.286 bits per heavy atom. The van der Waals surface area contributed by atoms with Crippen molar-refractivity contribution in [3.63, 3.8) is 0 Å². The smallest absolute Gasteiger partial charge is 0.0652 e. The van der Waals surface area contributed by atoms with Crippen LogP contribution in [0.25, 0.3) is 116 Å². The van der Waals surface area contributed by atoms with Crippen LogP contribution < -0.4 is 0 Å². The van der Waals surface area contributed by atoms with Gasteiger partial charge in [0.15, 0.2) is 0 Å². The third-order valence-electron chi connectivity index (χ3n) is 10.2. The molecule has 0 amide bonds. The number of hydrogen-bond acceptors (Lipinski definition) is 3. The Morgan fingerprint density at radius 2 is 0.543 bits per heavy atom. The minimum absolute atomic E-state index is 0. The van der Waals surface area contributed by atoms with E-state index in [0.29, 0.717) is 31.5 Å². The first-order valence-corrected chi connectivity index (χ1v) is 27.1. The van der Waals surface area contributed by atoms with Gasteiger partial charge in [0.1, 0.15) is 0 Å². The fourth-order valence-corrected chi connectivity index (χ4v) is 10.8. The summed E-state index contributed by atoms with van der Waals surface area (Å²) in [6, 6.07) is -18.5. The Labute approximate surface area is 499 Å². The maximum atomic E-state index is 9.70. The molecule has 5 aromatic heterocycles. The van der Waals surface area contributed by atoms with Crippen molar-refractivity contribution in [2.45, 2.75) is 7.43 Å². The first kappa shape index (κ1) is 21.2. The Morgan fingerprint density at radius 3 is 0.886 bits per heavy atom. The second kappa shape index (κ2) is 19.9. The molecule has 2 nitrogen and oxygen atoms in total. The zero-order chi connectivity index (χ0) is 77.9. The van der Waals surface area contributed by atoms with Crippen molar-refractivity contribution < 1.29 is 49.3 Å². The van der Waals surface area contributed by atoms with E-state index in [0.717, 1.165) is 31.8 Å². The van der Waals surface area contributed by atoms with E-state index in [9.17, 15) is 8.22 Å². The minimum Gasteiger partial charge on any atom is -0.309 e. The summed E-state index contributed by atoms with van der Waals surface area (Å²) in [7, 11) is 0. The molecule has 0 aliphatic rings. The zero-order valence-electron chi connectivity index (χ0n) is 69.6. The maximum absolute atomic E-state index is 9.70. The molecule has 0 saturated heterocycles. The van der Waals surface area contributed by atoms with Gasteiger partial charge in [0.2, 0.25) is 0 Å². The molecule has 0 aliphatic heterocycles. The highest BCUT2D eigenvalue weighted by atomic mass is 80.9. The van der Waals surface area contributed by atoms with Crippen LogP contribution in [0.1, 0.15) is 56.8 Å². The topological polar surface area (TPSA) is 9.86 Å². The summed E-state index contributed by atoms with van der Waals surface area (Å²) in [4.78, 5) is 0. The van der Waals surface area contributed by atoms with Crippen LogP contribution in [-0.2, 0) is 0 Å². The molecule has 9 heteroatoms. The highest BCUT2D eigenvalue weighted by Gasteiger charge is 2.16. The van der Waals surface area contributed by atoms with Crippen molar-refractivity contribution in [3.05, 3.63) is 226 Å². The van der Waals surface area contributed by atoms with Gasteiger partial charge in [-0.3, -0.25) is 0 Å². The van der Waals surface area contributed by atoms with Gasteiger partial charge in [-0.1, -0.05) is 148 Å². The van der Waals surface area contributed by atoms with Crippen LogP contribution in [0.2, 0.25) is 0 Å². The predicted octanol–water partition coefficient (Wildman–Crippen LogP) is 22.2. The summed E-state index contributed by atoms with van der Waals surface area (Å²) >= 11 is 14.5. The maximum Gasteiger partial charge on any atom is 0.0652 e. The summed E-state index contributed by atoms with van der Waals surface area (Å²) in [5, 5.41) is -0.913. The molecule has 0 atom stereocenters. The first-order chi connectivity index (χ1) is 49.1. The van der Waals surface area contributed by atoms with E-state index >= 15 is 0 Å². The number of nitrogens with zero attached hydrogens (tertiary/aromatic N) is 2. The fraction of sp³-hybridized carbons (Fsp3) is 0.0164. The normalized spacial score (nSPS) is 18.5. The van der Waals surface area contributed by atoms with Gasteiger partial charge in [0.05, 0.1) is 71.4 Å². The molecule has 0 fully saturated rings. The van der Waals surface area contributed by atoms with Crippen molar-refractivity contribution >= 4 is 198 Å². The van der Waals surface area contributed by atoms with Gasteiger partial charge in [-0.2, -0.15) is 0 Å². The molecule has 0 saturated carbocycles. The Hall–Kier alpha value is -5.62. The number of fused-ring (bicyclic) bond motifs is 15. The summed E-state index contributed by atoms with van der Waals surface area (Å²) in [6.45, 7) is 0. The number of rotatable bonds is 2. The lowest BCUT2D eigenvalue weighted by Crippen LogP contribution is -1.94. The van der Waals surface area contributed by atoms with Crippen LogP contribution >= 0.6 is 94.1 Å². The van der Waals surface area contributed by atoms with Gasteiger partial charge in [-0.25, -0.2) is 0 Å². The molecule has 15 rings (SSSR count). The molecule has 0 spiro atoms. The largest absolute Gasteiger partial charge is 0.309 e. The number of para-hydroxylation sites is 4. The molecule has 0 N–H and O–H groups in total. The molecule has 0 radical (unpaired) electrons. The number of benzene rings is 10. The number of aromatic nitrogens is 2. The van der Waals surface area contributed by atoms with Gasteiger partial charge < -0.3 is 9.13 Å². The average molecular weight is 1250 g/mol. The molecule has 0 aliphatic carbocycles. The van der Waals surface area contributed by atoms with E-state index in [-0.39, 0.29) is 151 Å². The van der Waals surface area contributed by atoms with Crippen molar-refractivity contribution in [2.75, 3.05) is 0 Å². The van der Waals surface area contributed by atoms with Crippen LogP contribution in [0.3, 0.4) is 0 Å². The van der Waals surface area contributed by atoms with Crippen LogP contribution in [0.5, 0.6) is 0 Å². The summed E-state index contributed by atoms with van der Waals surface area (Å²) in [6.07, 6.45) is 0. The van der Waals surface area contributed by atoms with E-state index in [1.807, 2.05) is 0 Å². The SMILES string of the molecule is BrBr.C.[2H]c1c(-n2c3c([2H])c([2H])c([2H])c([2H])c3c3c([2H])c([2H])c([2H])c([2H])c32)c([2H])c2c(sc3c([2H])c([2H])c(-n4c5c([2H])c([2H])c([2H])c([2H])c5c5c([2H])c([2H])c([2H])c([2H])c54)c([2H])c32)c1[2H].[2H]c1c(Br)c([2H])c2c(sc3c([2H])c([2H])c(Br)c([2H])c32)c1[2H].[2H]c1c([2H])c([2H])c2c(sc3c([2H])c([2H])c([2H])c([2H])c32)c1[2H]. The highest BCUT2D eigenvalue weighted by Crippen LogP contribution is 2.41. The number of thiophene rings is 3. The number of halogens is 4. The standard InChI is InChI=1S/C36H22N2S.C12H6Br2S.C12H8S.CH4.Br2/c1-5-13-31-25(9-1)26-10-2-6-14-32(26)37(31)23-17-19-35-29(21-23)30-22-24(18-20-36(30)39-35)38-33-15-7-3-11-27(33)28-12-4-8-16-34(28)38;13-7-1-3-11-9(5-7)10-6-8(14)2-4-12(10)15-11;1-3-7-11-9(5-1)10-6-2-4-8-12(10)13-11;;1-2/h1-22H;1-6H;1-8H;1H4;/i1D,2D,3D,4D,5D,6D,7D,8D,9D,10D,11D,12D,13D,14D,15D,16D,17D,18D,19D,20D,21D,22D;1D,2D,3D,4D,5D,6D;1D,2D,3D,4D,5D,6D,7D,8D;;. The Bertz CT molecular complexity index is 5870. The van der Waals surface area contributed by atoms with Gasteiger partial charge in [0.25, 0.3) is 0 Å². The van der Waals surface area contributed by atoms with E-state index in [1.54, 1.807) is 0 Å². The van der Waals surface area contributed by atoms with Gasteiger partial charge in [-0.05, 0) is 109 Å². The molecule has 5 heterocycles. The average Bonchev–Trinajstić information content (AvgIpc) is 1.76. The minimum atomic E-state index is -0.773. The van der Waals surface area contributed by atoms with Crippen LogP contribution in [0.4, 0.5) is 0 Å². The molecule has 340 valence electrons. The van der Waals surface area contributed by atoms with E-state index in [1.165, 1.54) is 0 Å². The monoisotopic (exact) mass is 1250 g/mol. The van der Waals surface area contributed by atoms with Gasteiger partial charge in [0, 0.05) is 131 Å². The fourth-order valence-electron chi connectivity index (χ4n) is 7.45. The molecule has 70 heavy (non-hydrogen) atoms. The Balaban J connectivity index is 0.000000201. The Kier molecular flexibility index (Phi) is 6.03. The summed E-state index contributed by atoms with van der Waals surface area (Å²) in [5.74, 6) is 0. The van der Waals surface area contributed by atoms with Crippen LogP contribution in [-0.4, -0.2) is 9.13 Å². The third-order valence-corrected chi connectivity index (χ3v) is 14.1. The second-order valence-corrected chi connectivity index (χ2v) is 18.6. The van der Waals surface area contributed by atoms with Crippen molar-refractivity contribution in [3.8, 4) is 11.4 Å². The van der Waals surface area contributed by atoms with Crippen molar-refractivity contribution in [2.24, 2.45) is 0 Å².